The number of aliphatic imine (C=N–C) groups is 1. The second-order valence-corrected chi connectivity index (χ2v) is 5.60. The van der Waals surface area contributed by atoms with Crippen LogP contribution in [0.3, 0.4) is 0 Å². The Morgan fingerprint density at radius 3 is 2.29 bits per heavy atom. The van der Waals surface area contributed by atoms with E-state index in [1.807, 2.05) is 20.8 Å². The van der Waals surface area contributed by atoms with Crippen LogP contribution in [0.15, 0.2) is 23.2 Å². The van der Waals surface area contributed by atoms with Gasteiger partial charge in [0.05, 0.1) is 5.56 Å². The van der Waals surface area contributed by atoms with Crippen molar-refractivity contribution in [2.24, 2.45) is 4.99 Å². The molecule has 0 spiro atoms. The molecule has 0 atom stereocenters. The molecule has 0 saturated carbocycles. The summed E-state index contributed by atoms with van der Waals surface area (Å²) in [6.07, 6.45) is -4.60. The number of alkyl halides is 3. The molecule has 3 nitrogen and oxygen atoms in total. The Balaban J connectivity index is 2.89. The van der Waals surface area contributed by atoms with Gasteiger partial charge < -0.3 is 10.6 Å². The van der Waals surface area contributed by atoms with Gasteiger partial charge in [-0.15, -0.1) is 0 Å². The zero-order valence-electron chi connectivity index (χ0n) is 12.4. The highest BCUT2D eigenvalue weighted by atomic mass is 19.4. The molecule has 7 heteroatoms. The van der Waals surface area contributed by atoms with Gasteiger partial charge in [0, 0.05) is 19.1 Å². The van der Waals surface area contributed by atoms with E-state index in [0.29, 0.717) is 12.0 Å². The van der Waals surface area contributed by atoms with E-state index in [2.05, 4.69) is 15.6 Å². The van der Waals surface area contributed by atoms with Crippen LogP contribution in [0.2, 0.25) is 0 Å². The second-order valence-electron chi connectivity index (χ2n) is 5.60. The first-order valence-electron chi connectivity index (χ1n) is 6.37. The third-order valence-electron chi connectivity index (χ3n) is 2.54. The largest absolute Gasteiger partial charge is 0.416 e. The molecule has 1 aromatic rings. The summed E-state index contributed by atoms with van der Waals surface area (Å²) in [7, 11) is 1.52. The van der Waals surface area contributed by atoms with E-state index in [0.717, 1.165) is 12.1 Å². The van der Waals surface area contributed by atoms with Crippen molar-refractivity contribution < 1.29 is 17.6 Å². The standard InChI is InChI=1S/C14H19F4N3/c1-13(2,3)21-12(19-4)20-8-9-5-6-10(15)7-11(9)14(16,17)18/h5-7H,8H2,1-4H3,(H2,19,20,21). The lowest BCUT2D eigenvalue weighted by atomic mass is 10.1. The Morgan fingerprint density at radius 2 is 1.81 bits per heavy atom. The fourth-order valence-electron chi connectivity index (χ4n) is 1.68. The van der Waals surface area contributed by atoms with E-state index in [-0.39, 0.29) is 17.6 Å². The van der Waals surface area contributed by atoms with Gasteiger partial charge in [-0.2, -0.15) is 13.2 Å². The van der Waals surface area contributed by atoms with E-state index in [1.165, 1.54) is 7.05 Å². The summed E-state index contributed by atoms with van der Waals surface area (Å²) in [5, 5.41) is 5.82. The SMILES string of the molecule is CN=C(NCc1ccc(F)cc1C(F)(F)F)NC(C)(C)C. The Kier molecular flexibility index (Phi) is 5.20. The number of nitrogens with zero attached hydrogens (tertiary/aromatic N) is 1. The third-order valence-corrected chi connectivity index (χ3v) is 2.54. The highest BCUT2D eigenvalue weighted by molar-refractivity contribution is 5.80. The molecule has 0 radical (unpaired) electrons. The van der Waals surface area contributed by atoms with Crippen LogP contribution in [0, 0.1) is 5.82 Å². The van der Waals surface area contributed by atoms with Crippen molar-refractivity contribution >= 4 is 5.96 Å². The molecule has 118 valence electrons. The predicted octanol–water partition coefficient (Wildman–Crippen LogP) is 3.31. The minimum absolute atomic E-state index is 0.0410. The van der Waals surface area contributed by atoms with Crippen LogP contribution in [0.5, 0.6) is 0 Å². The van der Waals surface area contributed by atoms with Crippen molar-refractivity contribution in [2.75, 3.05) is 7.05 Å². The summed E-state index contributed by atoms with van der Waals surface area (Å²) >= 11 is 0. The van der Waals surface area contributed by atoms with Crippen LogP contribution in [0.25, 0.3) is 0 Å². The average molecular weight is 305 g/mol. The summed E-state index contributed by atoms with van der Waals surface area (Å²) in [5.74, 6) is -0.539. The minimum Gasteiger partial charge on any atom is -0.352 e. The van der Waals surface area contributed by atoms with Crippen molar-refractivity contribution in [3.63, 3.8) is 0 Å². The van der Waals surface area contributed by atoms with Crippen molar-refractivity contribution in [3.8, 4) is 0 Å². The molecule has 0 aromatic heterocycles. The Morgan fingerprint density at radius 1 is 1.19 bits per heavy atom. The normalized spacial score (nSPS) is 13.2. The Hall–Kier alpha value is -1.79. The second kappa shape index (κ2) is 6.32. The van der Waals surface area contributed by atoms with Crippen molar-refractivity contribution in [2.45, 2.75) is 39.0 Å². The molecule has 0 aliphatic heterocycles. The molecule has 0 saturated heterocycles. The zero-order valence-corrected chi connectivity index (χ0v) is 12.4. The van der Waals surface area contributed by atoms with Gasteiger partial charge in [0.2, 0.25) is 0 Å². The van der Waals surface area contributed by atoms with Gasteiger partial charge in [0.15, 0.2) is 5.96 Å². The van der Waals surface area contributed by atoms with Crippen molar-refractivity contribution in [1.82, 2.24) is 10.6 Å². The van der Waals surface area contributed by atoms with Crippen LogP contribution in [0.1, 0.15) is 31.9 Å². The number of nitrogens with one attached hydrogen (secondary N) is 2. The fourth-order valence-corrected chi connectivity index (χ4v) is 1.68. The monoisotopic (exact) mass is 305 g/mol. The van der Waals surface area contributed by atoms with Crippen LogP contribution in [-0.4, -0.2) is 18.5 Å². The number of benzene rings is 1. The number of halogens is 4. The molecule has 1 aromatic carbocycles. The molecule has 0 unspecified atom stereocenters. The highest BCUT2D eigenvalue weighted by Gasteiger charge is 2.33. The van der Waals surface area contributed by atoms with E-state index in [4.69, 9.17) is 0 Å². The molecule has 0 aliphatic rings. The molecule has 0 aliphatic carbocycles. The molecular formula is C14H19F4N3. The third kappa shape index (κ3) is 5.61. The minimum atomic E-state index is -4.60. The maximum Gasteiger partial charge on any atom is 0.416 e. The maximum atomic E-state index is 13.0. The lowest BCUT2D eigenvalue weighted by molar-refractivity contribution is -0.138. The molecular weight excluding hydrogens is 286 g/mol. The van der Waals surface area contributed by atoms with Crippen LogP contribution < -0.4 is 10.6 Å². The summed E-state index contributed by atoms with van der Waals surface area (Å²) in [6.45, 7) is 5.60. The van der Waals surface area contributed by atoms with Crippen LogP contribution >= 0.6 is 0 Å². The van der Waals surface area contributed by atoms with Crippen LogP contribution in [-0.2, 0) is 12.7 Å². The molecule has 0 bridgehead atoms. The van der Waals surface area contributed by atoms with Gasteiger partial charge in [-0.3, -0.25) is 4.99 Å². The van der Waals surface area contributed by atoms with Gasteiger partial charge in [-0.05, 0) is 38.5 Å². The first kappa shape index (κ1) is 17.3. The van der Waals surface area contributed by atoms with Gasteiger partial charge in [-0.1, -0.05) is 6.07 Å². The zero-order chi connectivity index (χ0) is 16.3. The Labute approximate surface area is 121 Å². The highest BCUT2D eigenvalue weighted by Crippen LogP contribution is 2.32. The first-order valence-corrected chi connectivity index (χ1v) is 6.37. The molecule has 0 fully saturated rings. The summed E-state index contributed by atoms with van der Waals surface area (Å²) in [4.78, 5) is 3.94. The van der Waals surface area contributed by atoms with E-state index >= 15 is 0 Å². The predicted molar refractivity (Wildman–Crippen MR) is 74.5 cm³/mol. The number of hydrogen-bond donors (Lipinski definition) is 2. The maximum absolute atomic E-state index is 13.0. The topological polar surface area (TPSA) is 36.4 Å². The van der Waals surface area contributed by atoms with Crippen molar-refractivity contribution in [3.05, 3.63) is 35.1 Å². The van der Waals surface area contributed by atoms with Gasteiger partial charge >= 0.3 is 6.18 Å². The van der Waals surface area contributed by atoms with Gasteiger partial charge in [0.25, 0.3) is 0 Å². The van der Waals surface area contributed by atoms with E-state index < -0.39 is 17.6 Å². The summed E-state index contributed by atoms with van der Waals surface area (Å²) in [5.41, 5.74) is -1.31. The molecule has 2 N–H and O–H groups in total. The van der Waals surface area contributed by atoms with E-state index in [9.17, 15) is 17.6 Å². The smallest absolute Gasteiger partial charge is 0.352 e. The lowest BCUT2D eigenvalue weighted by Gasteiger charge is -2.24. The lowest BCUT2D eigenvalue weighted by Crippen LogP contribution is -2.47. The van der Waals surface area contributed by atoms with Gasteiger partial charge in [0.1, 0.15) is 5.82 Å². The number of guanidine groups is 1. The van der Waals surface area contributed by atoms with E-state index in [1.54, 1.807) is 0 Å². The quantitative estimate of drug-likeness (QED) is 0.500. The average Bonchev–Trinajstić information content (AvgIpc) is 2.33. The van der Waals surface area contributed by atoms with Crippen LogP contribution in [0.4, 0.5) is 17.6 Å². The molecule has 21 heavy (non-hydrogen) atoms. The number of rotatable bonds is 2. The first-order chi connectivity index (χ1) is 9.53. The number of hydrogen-bond acceptors (Lipinski definition) is 1. The summed E-state index contributed by atoms with van der Waals surface area (Å²) < 4.78 is 51.6. The van der Waals surface area contributed by atoms with Gasteiger partial charge in [-0.25, -0.2) is 4.39 Å². The summed E-state index contributed by atoms with van der Waals surface area (Å²) in [6, 6.07) is 2.62. The van der Waals surface area contributed by atoms with Crippen molar-refractivity contribution in [1.29, 1.82) is 0 Å². The molecule has 0 heterocycles. The molecule has 1 rings (SSSR count). The fraction of sp³-hybridized carbons (Fsp3) is 0.500. The molecule has 0 amide bonds. The Bertz CT molecular complexity index is 516.